The quantitative estimate of drug-likeness (QED) is 0.525. The number of pyridine rings is 1. The van der Waals surface area contributed by atoms with E-state index in [-0.39, 0.29) is 21.1 Å². The number of halogens is 2. The molecule has 6 rings (SSSR count). The number of nitrogens with one attached hydrogen (secondary N) is 1. The van der Waals surface area contributed by atoms with Crippen LogP contribution in [-0.4, -0.2) is 59.8 Å². The molecule has 0 unspecified atom stereocenters. The third-order valence-electron chi connectivity index (χ3n) is 7.45. The van der Waals surface area contributed by atoms with E-state index < -0.39 is 27.0 Å². The van der Waals surface area contributed by atoms with Crippen LogP contribution < -0.4 is 9.62 Å². The van der Waals surface area contributed by atoms with Gasteiger partial charge in [-0.15, -0.1) is 10.2 Å². The Bertz CT molecular complexity index is 1370. The highest BCUT2D eigenvalue weighted by Crippen LogP contribution is 2.42. The average molecular weight is 525 g/mol. The zero-order valence-corrected chi connectivity index (χ0v) is 20.8. The molecule has 0 radical (unpaired) electrons. The van der Waals surface area contributed by atoms with Gasteiger partial charge in [0, 0.05) is 31.4 Å². The van der Waals surface area contributed by atoms with E-state index in [2.05, 4.69) is 24.8 Å². The van der Waals surface area contributed by atoms with Crippen LogP contribution >= 0.6 is 11.3 Å². The summed E-state index contributed by atoms with van der Waals surface area (Å²) in [5.74, 6) is 0.290. The van der Waals surface area contributed by atoms with Crippen LogP contribution in [0, 0.1) is 5.41 Å². The molecule has 3 aromatic rings. The van der Waals surface area contributed by atoms with E-state index in [1.807, 2.05) is 6.92 Å². The molecule has 13 heteroatoms. The SMILES string of the molecule is CC1(NS(=O)(=O)c2cc(N3CCC4(CCOC4)CC3)c3cnc(-c4nnc(C(F)F)s4)n3c2)CC1. The molecule has 35 heavy (non-hydrogen) atoms. The molecule has 188 valence electrons. The minimum absolute atomic E-state index is 0.107. The molecule has 0 atom stereocenters. The van der Waals surface area contributed by atoms with E-state index in [9.17, 15) is 17.2 Å². The Hall–Kier alpha value is -2.22. The molecule has 3 aromatic heterocycles. The summed E-state index contributed by atoms with van der Waals surface area (Å²) in [4.78, 5) is 6.73. The van der Waals surface area contributed by atoms with Crippen LogP contribution in [0.3, 0.4) is 0 Å². The maximum absolute atomic E-state index is 13.3. The van der Waals surface area contributed by atoms with Gasteiger partial charge in [0.05, 0.1) is 24.0 Å². The lowest BCUT2D eigenvalue weighted by Crippen LogP contribution is -2.41. The number of sulfonamides is 1. The first kappa shape index (κ1) is 23.2. The van der Waals surface area contributed by atoms with Gasteiger partial charge >= 0.3 is 0 Å². The van der Waals surface area contributed by atoms with E-state index in [4.69, 9.17) is 4.74 Å². The molecule has 1 saturated carbocycles. The zero-order chi connectivity index (χ0) is 24.4. The molecule has 3 aliphatic rings. The van der Waals surface area contributed by atoms with Gasteiger partial charge in [0.15, 0.2) is 15.8 Å². The lowest BCUT2D eigenvalue weighted by Gasteiger charge is -2.39. The second-order valence-corrected chi connectivity index (χ2v) is 12.8. The van der Waals surface area contributed by atoms with Crippen molar-refractivity contribution >= 4 is 32.6 Å². The molecular weight excluding hydrogens is 498 g/mol. The first-order valence-corrected chi connectivity index (χ1v) is 14.0. The molecule has 5 heterocycles. The summed E-state index contributed by atoms with van der Waals surface area (Å²) in [7, 11) is -3.81. The van der Waals surface area contributed by atoms with Gasteiger partial charge in [-0.3, -0.25) is 4.40 Å². The predicted octanol–water partition coefficient (Wildman–Crippen LogP) is 3.63. The van der Waals surface area contributed by atoms with Crippen LogP contribution in [0.15, 0.2) is 23.4 Å². The van der Waals surface area contributed by atoms with Crippen molar-refractivity contribution < 1.29 is 21.9 Å². The topological polar surface area (TPSA) is 102 Å². The molecule has 1 N–H and O–H groups in total. The molecule has 0 amide bonds. The molecule has 2 aliphatic heterocycles. The maximum Gasteiger partial charge on any atom is 0.291 e. The number of fused-ring (bicyclic) bond motifs is 1. The first-order valence-electron chi connectivity index (χ1n) is 11.7. The number of hydrogen-bond donors (Lipinski definition) is 1. The van der Waals surface area contributed by atoms with Crippen molar-refractivity contribution in [2.75, 3.05) is 31.2 Å². The molecule has 0 bridgehead atoms. The van der Waals surface area contributed by atoms with E-state index >= 15 is 0 Å². The molecule has 3 fully saturated rings. The number of hydrogen-bond acceptors (Lipinski definition) is 8. The summed E-state index contributed by atoms with van der Waals surface area (Å²) >= 11 is 0.753. The van der Waals surface area contributed by atoms with Crippen molar-refractivity contribution in [2.24, 2.45) is 5.41 Å². The Morgan fingerprint density at radius 1 is 1.17 bits per heavy atom. The lowest BCUT2D eigenvalue weighted by atomic mass is 9.78. The Morgan fingerprint density at radius 3 is 2.57 bits per heavy atom. The summed E-state index contributed by atoms with van der Waals surface area (Å²) < 4.78 is 63.0. The fourth-order valence-electron chi connectivity index (χ4n) is 4.96. The van der Waals surface area contributed by atoms with Crippen molar-refractivity contribution in [3.05, 3.63) is 23.5 Å². The summed E-state index contributed by atoms with van der Waals surface area (Å²) in [6.07, 6.45) is 4.95. The van der Waals surface area contributed by atoms with Gasteiger partial charge in [-0.25, -0.2) is 26.9 Å². The monoisotopic (exact) mass is 524 g/mol. The Labute approximate surface area is 205 Å². The fraction of sp³-hybridized carbons (Fsp3) is 0.591. The van der Waals surface area contributed by atoms with Gasteiger partial charge in [0.2, 0.25) is 10.0 Å². The van der Waals surface area contributed by atoms with Crippen molar-refractivity contribution in [3.8, 4) is 10.8 Å². The molecule has 1 aliphatic carbocycles. The molecule has 1 spiro atoms. The minimum Gasteiger partial charge on any atom is -0.381 e. The normalized spacial score (nSPS) is 21.4. The number of piperidine rings is 1. The number of alkyl halides is 2. The standard InChI is InChI=1S/C22H26F2N6O3S2/c1-21(2-3-21)28-35(31,32)14-10-15(29-7-4-22(5-8-29)6-9-33-13-22)16-11-25-18(30(16)12-14)20-27-26-19(34-20)17(23)24/h10-12,17,28H,2-9,13H2,1H3. The Balaban J connectivity index is 1.43. The third-order valence-corrected chi connectivity index (χ3v) is 9.99. The maximum atomic E-state index is 13.3. The van der Waals surface area contributed by atoms with Gasteiger partial charge in [-0.2, -0.15) is 0 Å². The van der Waals surface area contributed by atoms with E-state index in [1.165, 1.54) is 6.20 Å². The number of anilines is 1. The third kappa shape index (κ3) is 4.21. The van der Waals surface area contributed by atoms with Crippen molar-refractivity contribution in [2.45, 2.75) is 55.9 Å². The number of imidazole rings is 1. The smallest absolute Gasteiger partial charge is 0.291 e. The van der Waals surface area contributed by atoms with Crippen molar-refractivity contribution in [1.29, 1.82) is 0 Å². The summed E-state index contributed by atoms with van der Waals surface area (Å²) in [5, 5.41) is 7.28. The second kappa shape index (κ2) is 8.15. The second-order valence-electron chi connectivity index (χ2n) is 10.1. The highest BCUT2D eigenvalue weighted by molar-refractivity contribution is 7.89. The summed E-state index contributed by atoms with van der Waals surface area (Å²) in [6, 6.07) is 1.70. The zero-order valence-electron chi connectivity index (χ0n) is 19.2. The van der Waals surface area contributed by atoms with E-state index in [0.717, 1.165) is 75.4 Å². The number of aromatic nitrogens is 4. The van der Waals surface area contributed by atoms with Crippen molar-refractivity contribution in [3.63, 3.8) is 0 Å². The summed E-state index contributed by atoms with van der Waals surface area (Å²) in [5.41, 5.74) is 1.21. The lowest BCUT2D eigenvalue weighted by molar-refractivity contribution is 0.134. The van der Waals surface area contributed by atoms with Gasteiger partial charge in [-0.1, -0.05) is 11.3 Å². The molecule has 0 aromatic carbocycles. The number of rotatable bonds is 6. The van der Waals surface area contributed by atoms with Crippen LogP contribution in [0.25, 0.3) is 16.3 Å². The van der Waals surface area contributed by atoms with Gasteiger partial charge < -0.3 is 9.64 Å². The van der Waals surface area contributed by atoms with Gasteiger partial charge in [0.25, 0.3) is 6.43 Å². The number of ether oxygens (including phenoxy) is 1. The van der Waals surface area contributed by atoms with Gasteiger partial charge in [-0.05, 0) is 50.5 Å². The Kier molecular flexibility index (Phi) is 5.40. The summed E-state index contributed by atoms with van der Waals surface area (Å²) in [6.45, 7) is 4.98. The molecule has 9 nitrogen and oxygen atoms in total. The highest BCUT2D eigenvalue weighted by Gasteiger charge is 2.42. The molecule has 2 saturated heterocycles. The van der Waals surface area contributed by atoms with E-state index in [1.54, 1.807) is 16.7 Å². The minimum atomic E-state index is -3.81. The van der Waals surface area contributed by atoms with Gasteiger partial charge in [0.1, 0.15) is 4.90 Å². The Morgan fingerprint density at radius 2 is 1.94 bits per heavy atom. The fourth-order valence-corrected chi connectivity index (χ4v) is 7.14. The van der Waals surface area contributed by atoms with Crippen molar-refractivity contribution in [1.82, 2.24) is 24.3 Å². The van der Waals surface area contributed by atoms with Crippen LogP contribution in [0.5, 0.6) is 0 Å². The highest BCUT2D eigenvalue weighted by atomic mass is 32.2. The average Bonchev–Trinajstić information content (AvgIpc) is 3.27. The van der Waals surface area contributed by atoms with Crippen LogP contribution in [0.1, 0.15) is 50.5 Å². The first-order chi connectivity index (χ1) is 16.7. The predicted molar refractivity (Wildman–Crippen MR) is 126 cm³/mol. The molecular formula is C22H26F2N6O3S2. The van der Waals surface area contributed by atoms with Crippen LogP contribution in [0.2, 0.25) is 0 Å². The van der Waals surface area contributed by atoms with E-state index in [0.29, 0.717) is 5.52 Å². The van der Waals surface area contributed by atoms with Crippen LogP contribution in [0.4, 0.5) is 14.5 Å². The number of nitrogens with zero attached hydrogens (tertiary/aromatic N) is 5. The van der Waals surface area contributed by atoms with Crippen LogP contribution in [-0.2, 0) is 14.8 Å². The largest absolute Gasteiger partial charge is 0.381 e.